The molecule has 0 saturated carbocycles. The summed E-state index contributed by atoms with van der Waals surface area (Å²) in [7, 11) is 3.10. The molecule has 3 rings (SSSR count). The van der Waals surface area contributed by atoms with Crippen LogP contribution in [0, 0.1) is 6.92 Å². The zero-order chi connectivity index (χ0) is 18.3. The topological polar surface area (TPSA) is 69.8 Å². The largest absolute Gasteiger partial charge is 0.332 e. The average Bonchev–Trinajstić information content (AvgIpc) is 2.57. The molecule has 0 atom stereocenters. The Morgan fingerprint density at radius 2 is 1.80 bits per heavy atom. The summed E-state index contributed by atoms with van der Waals surface area (Å²) in [6, 6.07) is 7.86. The molecule has 0 aliphatic carbocycles. The van der Waals surface area contributed by atoms with E-state index in [-0.39, 0.29) is 10.8 Å². The summed E-state index contributed by atoms with van der Waals surface area (Å²) in [4.78, 5) is 34.1. The maximum atomic E-state index is 12.7. The van der Waals surface area contributed by atoms with Crippen LogP contribution in [-0.2, 0) is 14.1 Å². The minimum Gasteiger partial charge on any atom is -0.280 e. The number of benzene rings is 1. The van der Waals surface area contributed by atoms with Crippen LogP contribution in [0.1, 0.15) is 19.4 Å². The molecule has 25 heavy (non-hydrogen) atoms. The van der Waals surface area contributed by atoms with E-state index in [1.54, 1.807) is 7.05 Å². The molecule has 6 nitrogen and oxygen atoms in total. The van der Waals surface area contributed by atoms with Crippen LogP contribution in [0.5, 0.6) is 0 Å². The van der Waals surface area contributed by atoms with E-state index in [0.717, 1.165) is 15.7 Å². The van der Waals surface area contributed by atoms with Crippen LogP contribution < -0.4 is 11.2 Å². The third-order valence-corrected chi connectivity index (χ3v) is 4.88. The Morgan fingerprint density at radius 3 is 2.44 bits per heavy atom. The van der Waals surface area contributed by atoms with Gasteiger partial charge in [0.05, 0.1) is 0 Å². The highest BCUT2D eigenvalue weighted by molar-refractivity contribution is 8.00. The Kier molecular flexibility index (Phi) is 4.51. The first-order valence-electron chi connectivity index (χ1n) is 8.01. The van der Waals surface area contributed by atoms with E-state index in [1.165, 1.54) is 23.4 Å². The summed E-state index contributed by atoms with van der Waals surface area (Å²) in [6.45, 7) is 6.08. The highest BCUT2D eigenvalue weighted by atomic mass is 32.2. The van der Waals surface area contributed by atoms with Gasteiger partial charge in [0.15, 0.2) is 11.5 Å². The molecule has 0 bridgehead atoms. The fourth-order valence-electron chi connectivity index (χ4n) is 2.65. The number of hydrogen-bond donors (Lipinski definition) is 0. The van der Waals surface area contributed by atoms with Crippen molar-refractivity contribution in [1.29, 1.82) is 0 Å². The number of thioether (sulfide) groups is 1. The van der Waals surface area contributed by atoms with Crippen molar-refractivity contribution < 1.29 is 0 Å². The first-order valence-corrected chi connectivity index (χ1v) is 8.89. The number of aromatic nitrogens is 4. The van der Waals surface area contributed by atoms with Gasteiger partial charge < -0.3 is 0 Å². The Labute approximate surface area is 149 Å². The van der Waals surface area contributed by atoms with Crippen molar-refractivity contribution in [3.63, 3.8) is 0 Å². The summed E-state index contributed by atoms with van der Waals surface area (Å²) < 4.78 is 2.50. The number of fused-ring (bicyclic) bond motifs is 1. The summed E-state index contributed by atoms with van der Waals surface area (Å²) in [5.41, 5.74) is 1.56. The molecule has 0 aliphatic rings. The van der Waals surface area contributed by atoms with Crippen molar-refractivity contribution in [2.24, 2.45) is 14.1 Å². The molecule has 130 valence electrons. The van der Waals surface area contributed by atoms with Gasteiger partial charge in [0, 0.05) is 24.9 Å². The second-order valence-corrected chi connectivity index (χ2v) is 7.86. The molecular weight excluding hydrogens is 336 g/mol. The fraction of sp³-hybridized carbons (Fsp3) is 0.333. The van der Waals surface area contributed by atoms with Crippen LogP contribution in [0.4, 0.5) is 0 Å². The van der Waals surface area contributed by atoms with Gasteiger partial charge >= 0.3 is 5.69 Å². The van der Waals surface area contributed by atoms with Crippen LogP contribution in [0.3, 0.4) is 0 Å². The highest BCUT2D eigenvalue weighted by Gasteiger charge is 2.18. The van der Waals surface area contributed by atoms with Gasteiger partial charge in [0.25, 0.3) is 5.56 Å². The van der Waals surface area contributed by atoms with Crippen LogP contribution in [0.2, 0.25) is 0 Å². The molecule has 1 aromatic carbocycles. The lowest BCUT2D eigenvalue weighted by atomic mass is 10.1. The van der Waals surface area contributed by atoms with E-state index < -0.39 is 5.69 Å². The first kappa shape index (κ1) is 17.4. The zero-order valence-electron chi connectivity index (χ0n) is 14.9. The third kappa shape index (κ3) is 3.11. The molecule has 2 aromatic heterocycles. The maximum Gasteiger partial charge on any atom is 0.332 e. The fourth-order valence-corrected chi connectivity index (χ4v) is 3.53. The SMILES string of the molecule is Cc1cccc(-c2nc(SC(C)C)c3c(=O)n(C)c(=O)n(C)c3n2)c1. The standard InChI is InChI=1S/C18H20N4O2S/c1-10(2)25-16-13-15(21(4)18(24)22(5)17(13)23)19-14(20-16)12-8-6-7-11(3)9-12/h6-10H,1-5H3. The average molecular weight is 356 g/mol. The Bertz CT molecular complexity index is 1080. The van der Waals surface area contributed by atoms with Crippen molar-refractivity contribution in [1.82, 2.24) is 19.1 Å². The molecule has 2 heterocycles. The molecule has 0 N–H and O–H groups in total. The summed E-state index contributed by atoms with van der Waals surface area (Å²) >= 11 is 1.50. The van der Waals surface area contributed by atoms with Crippen LogP contribution in [0.25, 0.3) is 22.4 Å². The Balaban J connectivity index is 2.43. The second-order valence-electron chi connectivity index (χ2n) is 6.29. The van der Waals surface area contributed by atoms with Crippen LogP contribution in [-0.4, -0.2) is 24.4 Å². The van der Waals surface area contributed by atoms with Gasteiger partial charge in [-0.3, -0.25) is 13.9 Å². The van der Waals surface area contributed by atoms with Crippen LogP contribution in [0.15, 0.2) is 38.9 Å². The molecule has 3 aromatic rings. The molecule has 0 spiro atoms. The smallest absolute Gasteiger partial charge is 0.280 e. The number of nitrogens with zero attached hydrogens (tertiary/aromatic N) is 4. The van der Waals surface area contributed by atoms with Crippen molar-refractivity contribution in [2.75, 3.05) is 0 Å². The molecule has 0 unspecified atom stereocenters. The molecule has 7 heteroatoms. The highest BCUT2D eigenvalue weighted by Crippen LogP contribution is 2.28. The van der Waals surface area contributed by atoms with Gasteiger partial charge in [-0.1, -0.05) is 37.6 Å². The van der Waals surface area contributed by atoms with Gasteiger partial charge in [-0.2, -0.15) is 0 Å². The maximum absolute atomic E-state index is 12.7. The lowest BCUT2D eigenvalue weighted by Crippen LogP contribution is -2.37. The summed E-state index contributed by atoms with van der Waals surface area (Å²) in [6.07, 6.45) is 0. The minimum absolute atomic E-state index is 0.241. The van der Waals surface area contributed by atoms with Gasteiger partial charge in [-0.25, -0.2) is 14.8 Å². The molecule has 0 saturated heterocycles. The van der Waals surface area contributed by atoms with Gasteiger partial charge in [-0.15, -0.1) is 11.8 Å². The first-order chi connectivity index (χ1) is 11.8. The van der Waals surface area contributed by atoms with Crippen LogP contribution >= 0.6 is 11.8 Å². The predicted octanol–water partition coefficient (Wildman–Crippen LogP) is 2.50. The molecule has 0 fully saturated rings. The van der Waals surface area contributed by atoms with E-state index in [0.29, 0.717) is 21.9 Å². The van der Waals surface area contributed by atoms with E-state index >= 15 is 0 Å². The Morgan fingerprint density at radius 1 is 1.08 bits per heavy atom. The lowest BCUT2D eigenvalue weighted by molar-refractivity contribution is 0.703. The Hall–Kier alpha value is -2.41. The second kappa shape index (κ2) is 6.48. The van der Waals surface area contributed by atoms with Crippen molar-refractivity contribution in [2.45, 2.75) is 31.0 Å². The van der Waals surface area contributed by atoms with E-state index in [2.05, 4.69) is 9.97 Å². The predicted molar refractivity (Wildman–Crippen MR) is 101 cm³/mol. The number of hydrogen-bond acceptors (Lipinski definition) is 5. The third-order valence-electron chi connectivity index (χ3n) is 3.89. The quantitative estimate of drug-likeness (QED) is 0.533. The summed E-state index contributed by atoms with van der Waals surface area (Å²) in [5.74, 6) is 0.516. The van der Waals surface area contributed by atoms with E-state index in [9.17, 15) is 9.59 Å². The monoisotopic (exact) mass is 356 g/mol. The van der Waals surface area contributed by atoms with Crippen molar-refractivity contribution in [3.05, 3.63) is 50.7 Å². The number of aryl methyl sites for hydroxylation is 2. The molecule has 0 aliphatic heterocycles. The van der Waals surface area contributed by atoms with E-state index in [1.807, 2.05) is 45.0 Å². The molecule has 0 radical (unpaired) electrons. The molecule has 0 amide bonds. The minimum atomic E-state index is -0.396. The lowest BCUT2D eigenvalue weighted by Gasteiger charge is -2.13. The van der Waals surface area contributed by atoms with E-state index in [4.69, 9.17) is 0 Å². The van der Waals surface area contributed by atoms with Crippen molar-refractivity contribution in [3.8, 4) is 11.4 Å². The van der Waals surface area contributed by atoms with Gasteiger partial charge in [0.2, 0.25) is 0 Å². The van der Waals surface area contributed by atoms with Gasteiger partial charge in [0.1, 0.15) is 10.4 Å². The van der Waals surface area contributed by atoms with Gasteiger partial charge in [-0.05, 0) is 13.0 Å². The normalized spacial score (nSPS) is 11.4. The number of rotatable bonds is 3. The summed E-state index contributed by atoms with van der Waals surface area (Å²) in [5, 5.41) is 1.23. The van der Waals surface area contributed by atoms with Crippen molar-refractivity contribution >= 4 is 22.8 Å². The molecular formula is C18H20N4O2S. The zero-order valence-corrected chi connectivity index (χ0v) is 15.7.